The topological polar surface area (TPSA) is 64.6 Å². The van der Waals surface area contributed by atoms with Gasteiger partial charge in [0.15, 0.2) is 4.84 Å². The highest BCUT2D eigenvalue weighted by molar-refractivity contribution is 6.46. The molecule has 0 radical (unpaired) electrons. The van der Waals surface area contributed by atoms with Gasteiger partial charge in [-0.15, -0.1) is 0 Å². The Bertz CT molecular complexity index is 452. The van der Waals surface area contributed by atoms with Crippen LogP contribution in [-0.2, 0) is 14.3 Å². The van der Waals surface area contributed by atoms with Gasteiger partial charge in [0.25, 0.3) is 11.6 Å². The molecule has 1 amide bonds. The van der Waals surface area contributed by atoms with E-state index in [1.807, 2.05) is 0 Å². The van der Waals surface area contributed by atoms with E-state index in [0.29, 0.717) is 5.56 Å². The van der Waals surface area contributed by atoms with Crippen molar-refractivity contribution in [3.05, 3.63) is 35.9 Å². The number of esters is 1. The molecule has 1 aromatic carbocycles. The Morgan fingerprint density at radius 3 is 2.21 bits per heavy atom. The SMILES string of the molecule is COC(=O)C(NC(=O)c1ccccc1)(OC)C(Cl)Cl. The Hall–Kier alpha value is -1.30. The van der Waals surface area contributed by atoms with Gasteiger partial charge in [-0.3, -0.25) is 4.79 Å². The number of amides is 1. The molecule has 1 rings (SSSR count). The minimum Gasteiger partial charge on any atom is -0.465 e. The van der Waals surface area contributed by atoms with Crippen molar-refractivity contribution in [1.82, 2.24) is 5.32 Å². The van der Waals surface area contributed by atoms with Crippen molar-refractivity contribution < 1.29 is 19.1 Å². The summed E-state index contributed by atoms with van der Waals surface area (Å²) >= 11 is 11.5. The lowest BCUT2D eigenvalue weighted by molar-refractivity contribution is -0.167. The van der Waals surface area contributed by atoms with E-state index >= 15 is 0 Å². The first kappa shape index (κ1) is 15.8. The fraction of sp³-hybridized carbons (Fsp3) is 0.333. The van der Waals surface area contributed by atoms with Gasteiger partial charge < -0.3 is 14.8 Å². The van der Waals surface area contributed by atoms with E-state index in [1.54, 1.807) is 30.3 Å². The number of hydrogen-bond acceptors (Lipinski definition) is 4. The fourth-order valence-electron chi connectivity index (χ4n) is 1.40. The molecule has 0 saturated heterocycles. The van der Waals surface area contributed by atoms with Crippen molar-refractivity contribution in [1.29, 1.82) is 0 Å². The van der Waals surface area contributed by atoms with Crippen molar-refractivity contribution in [2.75, 3.05) is 14.2 Å². The molecule has 19 heavy (non-hydrogen) atoms. The molecule has 7 heteroatoms. The van der Waals surface area contributed by atoms with Crippen molar-refractivity contribution in [2.24, 2.45) is 0 Å². The molecule has 0 aliphatic rings. The van der Waals surface area contributed by atoms with E-state index in [4.69, 9.17) is 27.9 Å². The van der Waals surface area contributed by atoms with Gasteiger partial charge in [-0.05, 0) is 12.1 Å². The van der Waals surface area contributed by atoms with Crippen molar-refractivity contribution in [3.8, 4) is 0 Å². The van der Waals surface area contributed by atoms with Crippen LogP contribution in [0.1, 0.15) is 10.4 Å². The predicted molar refractivity (Wildman–Crippen MR) is 71.2 cm³/mol. The Labute approximate surface area is 120 Å². The second-order valence-electron chi connectivity index (χ2n) is 3.55. The maximum Gasteiger partial charge on any atom is 0.362 e. The highest BCUT2D eigenvalue weighted by Gasteiger charge is 2.48. The molecule has 1 unspecified atom stereocenters. The van der Waals surface area contributed by atoms with Crippen LogP contribution in [0.3, 0.4) is 0 Å². The van der Waals surface area contributed by atoms with Gasteiger partial charge in [-0.1, -0.05) is 41.4 Å². The van der Waals surface area contributed by atoms with E-state index in [1.165, 1.54) is 7.11 Å². The molecule has 0 saturated carbocycles. The second-order valence-corrected chi connectivity index (χ2v) is 4.65. The molecule has 5 nitrogen and oxygen atoms in total. The van der Waals surface area contributed by atoms with Gasteiger partial charge in [-0.2, -0.15) is 0 Å². The maximum atomic E-state index is 12.0. The standard InChI is InChI=1S/C12H13Cl2NO4/c1-18-11(17)12(19-2,10(13)14)15-9(16)8-6-4-3-5-7-8/h3-7,10H,1-2H3,(H,15,16). The van der Waals surface area contributed by atoms with Crippen LogP contribution in [0.4, 0.5) is 0 Å². The molecule has 0 spiro atoms. The van der Waals surface area contributed by atoms with Crippen LogP contribution < -0.4 is 5.32 Å². The minimum atomic E-state index is -1.95. The smallest absolute Gasteiger partial charge is 0.362 e. The van der Waals surface area contributed by atoms with Gasteiger partial charge in [0.2, 0.25) is 0 Å². The van der Waals surface area contributed by atoms with E-state index in [0.717, 1.165) is 7.11 Å². The summed E-state index contributed by atoms with van der Waals surface area (Å²) in [6.45, 7) is 0. The second kappa shape index (κ2) is 6.75. The Balaban J connectivity index is 3.02. The quantitative estimate of drug-likeness (QED) is 0.511. The van der Waals surface area contributed by atoms with E-state index in [9.17, 15) is 9.59 Å². The van der Waals surface area contributed by atoms with E-state index < -0.39 is 22.4 Å². The Morgan fingerprint density at radius 2 is 1.79 bits per heavy atom. The summed E-state index contributed by atoms with van der Waals surface area (Å²) in [6.07, 6.45) is 0. The van der Waals surface area contributed by atoms with Crippen LogP contribution in [-0.4, -0.2) is 36.7 Å². The number of rotatable bonds is 5. The van der Waals surface area contributed by atoms with Crippen molar-refractivity contribution >= 4 is 35.1 Å². The molecule has 0 aliphatic heterocycles. The van der Waals surface area contributed by atoms with Crippen LogP contribution in [0.2, 0.25) is 0 Å². The third-order valence-corrected chi connectivity index (χ3v) is 3.07. The molecule has 0 heterocycles. The summed E-state index contributed by atoms with van der Waals surface area (Å²) in [6, 6.07) is 8.27. The van der Waals surface area contributed by atoms with Gasteiger partial charge >= 0.3 is 5.97 Å². The zero-order valence-electron chi connectivity index (χ0n) is 10.4. The number of carbonyl (C=O) groups is 2. The summed E-state index contributed by atoms with van der Waals surface area (Å²) in [5.41, 5.74) is -1.62. The molecule has 1 aromatic rings. The zero-order chi connectivity index (χ0) is 14.5. The number of benzene rings is 1. The maximum absolute atomic E-state index is 12.0. The summed E-state index contributed by atoms with van der Waals surface area (Å²) in [4.78, 5) is 22.4. The van der Waals surface area contributed by atoms with Crippen LogP contribution in [0.15, 0.2) is 30.3 Å². The number of ether oxygens (including phenoxy) is 2. The summed E-state index contributed by atoms with van der Waals surface area (Å²) in [7, 11) is 2.33. The number of methoxy groups -OCH3 is 2. The molecular formula is C12H13Cl2NO4. The Kier molecular flexibility index (Phi) is 5.60. The van der Waals surface area contributed by atoms with Crippen molar-refractivity contribution in [3.63, 3.8) is 0 Å². The predicted octanol–water partition coefficient (Wildman–Crippen LogP) is 1.74. The average molecular weight is 306 g/mol. The number of carbonyl (C=O) groups excluding carboxylic acids is 2. The van der Waals surface area contributed by atoms with Gasteiger partial charge in [-0.25, -0.2) is 4.79 Å². The largest absolute Gasteiger partial charge is 0.465 e. The zero-order valence-corrected chi connectivity index (χ0v) is 11.9. The molecule has 104 valence electrons. The molecule has 1 N–H and O–H groups in total. The van der Waals surface area contributed by atoms with E-state index in [2.05, 4.69) is 10.1 Å². The molecule has 0 fully saturated rings. The van der Waals surface area contributed by atoms with Crippen LogP contribution in [0.25, 0.3) is 0 Å². The molecular weight excluding hydrogens is 293 g/mol. The molecule has 0 aromatic heterocycles. The number of nitrogens with one attached hydrogen (secondary N) is 1. The summed E-state index contributed by atoms with van der Waals surface area (Å²) < 4.78 is 9.53. The summed E-state index contributed by atoms with van der Waals surface area (Å²) in [5.74, 6) is -1.45. The highest BCUT2D eigenvalue weighted by atomic mass is 35.5. The normalized spacial score (nSPS) is 13.7. The third-order valence-electron chi connectivity index (χ3n) is 2.45. The average Bonchev–Trinajstić information content (AvgIpc) is 2.44. The first-order chi connectivity index (χ1) is 8.97. The fourth-order valence-corrected chi connectivity index (χ4v) is 1.87. The molecule has 0 bridgehead atoms. The van der Waals surface area contributed by atoms with Crippen LogP contribution in [0, 0.1) is 0 Å². The Morgan fingerprint density at radius 1 is 1.21 bits per heavy atom. The lowest BCUT2D eigenvalue weighted by Crippen LogP contribution is -2.60. The number of alkyl halides is 2. The highest BCUT2D eigenvalue weighted by Crippen LogP contribution is 2.23. The lowest BCUT2D eigenvalue weighted by atomic mass is 10.2. The van der Waals surface area contributed by atoms with Crippen LogP contribution in [0.5, 0.6) is 0 Å². The summed E-state index contributed by atoms with van der Waals surface area (Å²) in [5, 5.41) is 2.35. The molecule has 1 atom stereocenters. The van der Waals surface area contributed by atoms with Gasteiger partial charge in [0, 0.05) is 12.7 Å². The number of halogens is 2. The first-order valence-corrected chi connectivity index (χ1v) is 6.14. The van der Waals surface area contributed by atoms with E-state index in [-0.39, 0.29) is 0 Å². The van der Waals surface area contributed by atoms with Gasteiger partial charge in [0.1, 0.15) is 0 Å². The molecule has 0 aliphatic carbocycles. The third kappa shape index (κ3) is 3.37. The number of hydrogen-bond donors (Lipinski definition) is 1. The van der Waals surface area contributed by atoms with Crippen LogP contribution >= 0.6 is 23.2 Å². The van der Waals surface area contributed by atoms with Gasteiger partial charge in [0.05, 0.1) is 7.11 Å². The first-order valence-electron chi connectivity index (χ1n) is 5.27. The monoisotopic (exact) mass is 305 g/mol. The van der Waals surface area contributed by atoms with Crippen molar-refractivity contribution in [2.45, 2.75) is 10.6 Å². The lowest BCUT2D eigenvalue weighted by Gasteiger charge is -2.31. The minimum absolute atomic E-state index is 0.335.